The second kappa shape index (κ2) is 5.84. The van der Waals surface area contributed by atoms with Crippen LogP contribution in [0.4, 0.5) is 5.95 Å². The van der Waals surface area contributed by atoms with Crippen molar-refractivity contribution in [3.8, 4) is 0 Å². The number of hydrogen-bond donors (Lipinski definition) is 1. The lowest BCUT2D eigenvalue weighted by atomic mass is 10.1. The van der Waals surface area contributed by atoms with E-state index in [1.807, 2.05) is 12.4 Å². The minimum atomic E-state index is 0.121. The highest BCUT2D eigenvalue weighted by atomic mass is 15.3. The Hall–Kier alpha value is -1.20. The summed E-state index contributed by atoms with van der Waals surface area (Å²) < 4.78 is 0. The summed E-state index contributed by atoms with van der Waals surface area (Å²) in [5.41, 5.74) is 1.25. The van der Waals surface area contributed by atoms with E-state index >= 15 is 0 Å². The van der Waals surface area contributed by atoms with Gasteiger partial charge in [-0.05, 0) is 27.8 Å². The van der Waals surface area contributed by atoms with Crippen LogP contribution in [0.3, 0.4) is 0 Å². The molecular weight excluding hydrogens is 238 g/mol. The molecule has 5 heteroatoms. The number of aromatic nitrogens is 2. The van der Waals surface area contributed by atoms with Crippen LogP contribution >= 0.6 is 0 Å². The predicted octanol–water partition coefficient (Wildman–Crippen LogP) is 1.12. The minimum Gasteiger partial charge on any atom is -0.338 e. The predicted molar refractivity (Wildman–Crippen MR) is 78.3 cm³/mol. The van der Waals surface area contributed by atoms with E-state index in [1.165, 1.54) is 0 Å². The summed E-state index contributed by atoms with van der Waals surface area (Å²) in [4.78, 5) is 13.6. The average molecular weight is 263 g/mol. The molecule has 1 saturated heterocycles. The summed E-state index contributed by atoms with van der Waals surface area (Å²) in [6.07, 6.45) is 3.86. The molecule has 0 spiro atoms. The molecule has 0 aromatic carbocycles. The van der Waals surface area contributed by atoms with Gasteiger partial charge >= 0.3 is 0 Å². The molecule has 1 aromatic rings. The van der Waals surface area contributed by atoms with Crippen LogP contribution in [0.5, 0.6) is 0 Å². The van der Waals surface area contributed by atoms with Crippen molar-refractivity contribution in [2.24, 2.45) is 0 Å². The maximum absolute atomic E-state index is 4.48. The molecule has 0 saturated carbocycles. The Labute approximate surface area is 116 Å². The van der Waals surface area contributed by atoms with Gasteiger partial charge in [-0.2, -0.15) is 0 Å². The molecule has 2 rings (SSSR count). The molecule has 1 aliphatic heterocycles. The molecule has 1 aromatic heterocycles. The van der Waals surface area contributed by atoms with Crippen molar-refractivity contribution in [1.29, 1.82) is 0 Å². The number of piperazine rings is 1. The number of nitrogens with one attached hydrogen (secondary N) is 1. The SMILES string of the molecule is CN1CCN(c2ncc(CNC(C)(C)C)cn2)CC1. The number of hydrogen-bond acceptors (Lipinski definition) is 5. The smallest absolute Gasteiger partial charge is 0.225 e. The first kappa shape index (κ1) is 14.2. The van der Waals surface area contributed by atoms with Gasteiger partial charge in [0.15, 0.2) is 0 Å². The Bertz CT molecular complexity index is 387. The molecule has 0 atom stereocenters. The summed E-state index contributed by atoms with van der Waals surface area (Å²) in [5.74, 6) is 0.854. The zero-order chi connectivity index (χ0) is 13.9. The van der Waals surface area contributed by atoms with Gasteiger partial charge < -0.3 is 15.1 Å². The van der Waals surface area contributed by atoms with Crippen molar-refractivity contribution in [3.05, 3.63) is 18.0 Å². The van der Waals surface area contributed by atoms with Gasteiger partial charge in [0.1, 0.15) is 0 Å². The Morgan fingerprint density at radius 1 is 1.11 bits per heavy atom. The van der Waals surface area contributed by atoms with Gasteiger partial charge in [0, 0.05) is 56.2 Å². The van der Waals surface area contributed by atoms with Crippen LogP contribution in [-0.2, 0) is 6.54 Å². The van der Waals surface area contributed by atoms with Crippen molar-refractivity contribution < 1.29 is 0 Å². The summed E-state index contributed by atoms with van der Waals surface area (Å²) in [6.45, 7) is 11.5. The van der Waals surface area contributed by atoms with Crippen LogP contribution < -0.4 is 10.2 Å². The molecule has 0 unspecified atom stereocenters. The van der Waals surface area contributed by atoms with Crippen molar-refractivity contribution in [1.82, 2.24) is 20.2 Å². The third kappa shape index (κ3) is 4.44. The van der Waals surface area contributed by atoms with Crippen LogP contribution in [0.2, 0.25) is 0 Å². The number of nitrogens with zero attached hydrogens (tertiary/aromatic N) is 4. The quantitative estimate of drug-likeness (QED) is 0.885. The fourth-order valence-corrected chi connectivity index (χ4v) is 1.98. The summed E-state index contributed by atoms with van der Waals surface area (Å²) in [6, 6.07) is 0. The van der Waals surface area contributed by atoms with Gasteiger partial charge in [0.05, 0.1) is 0 Å². The summed E-state index contributed by atoms with van der Waals surface area (Å²) >= 11 is 0. The Balaban J connectivity index is 1.91. The lowest BCUT2D eigenvalue weighted by molar-refractivity contribution is 0.311. The highest BCUT2D eigenvalue weighted by Crippen LogP contribution is 2.10. The largest absolute Gasteiger partial charge is 0.338 e. The standard InChI is InChI=1S/C14H25N5/c1-14(2,3)17-11-12-9-15-13(16-10-12)19-7-5-18(4)6-8-19/h9-10,17H,5-8,11H2,1-4H3. The first-order valence-corrected chi connectivity index (χ1v) is 6.93. The molecule has 1 fully saturated rings. The van der Waals surface area contributed by atoms with Gasteiger partial charge in [0.25, 0.3) is 0 Å². The molecule has 106 valence electrons. The normalized spacial score (nSPS) is 17.8. The molecule has 19 heavy (non-hydrogen) atoms. The Kier molecular flexibility index (Phi) is 4.37. The first-order valence-electron chi connectivity index (χ1n) is 6.93. The number of anilines is 1. The highest BCUT2D eigenvalue weighted by Gasteiger charge is 2.16. The van der Waals surface area contributed by atoms with E-state index in [0.717, 1.165) is 44.2 Å². The third-order valence-corrected chi connectivity index (χ3v) is 3.30. The topological polar surface area (TPSA) is 44.3 Å². The second-order valence-electron chi connectivity index (χ2n) is 6.29. The molecule has 0 aliphatic carbocycles. The second-order valence-corrected chi connectivity index (χ2v) is 6.29. The molecule has 0 radical (unpaired) electrons. The summed E-state index contributed by atoms with van der Waals surface area (Å²) in [7, 11) is 2.15. The molecular formula is C14H25N5. The fourth-order valence-electron chi connectivity index (χ4n) is 1.98. The van der Waals surface area contributed by atoms with Crippen LogP contribution in [-0.4, -0.2) is 53.6 Å². The van der Waals surface area contributed by atoms with E-state index in [1.54, 1.807) is 0 Å². The molecule has 5 nitrogen and oxygen atoms in total. The molecule has 1 N–H and O–H groups in total. The zero-order valence-corrected chi connectivity index (χ0v) is 12.5. The maximum atomic E-state index is 4.48. The van der Waals surface area contributed by atoms with E-state index < -0.39 is 0 Å². The molecule has 0 amide bonds. The van der Waals surface area contributed by atoms with Crippen molar-refractivity contribution in [3.63, 3.8) is 0 Å². The van der Waals surface area contributed by atoms with Gasteiger partial charge in [-0.3, -0.25) is 0 Å². The molecule has 0 bridgehead atoms. The Morgan fingerprint density at radius 2 is 1.68 bits per heavy atom. The van der Waals surface area contributed by atoms with E-state index in [-0.39, 0.29) is 5.54 Å². The van der Waals surface area contributed by atoms with Crippen LogP contribution in [0.25, 0.3) is 0 Å². The van der Waals surface area contributed by atoms with Crippen molar-refractivity contribution >= 4 is 5.95 Å². The maximum Gasteiger partial charge on any atom is 0.225 e. The van der Waals surface area contributed by atoms with E-state index in [0.29, 0.717) is 0 Å². The zero-order valence-electron chi connectivity index (χ0n) is 12.5. The van der Waals surface area contributed by atoms with Gasteiger partial charge in [-0.1, -0.05) is 0 Å². The van der Waals surface area contributed by atoms with Crippen molar-refractivity contribution in [2.75, 3.05) is 38.1 Å². The van der Waals surface area contributed by atoms with Gasteiger partial charge in [-0.15, -0.1) is 0 Å². The lowest BCUT2D eigenvalue weighted by Crippen LogP contribution is -2.45. The fraction of sp³-hybridized carbons (Fsp3) is 0.714. The molecule has 1 aliphatic rings. The average Bonchev–Trinajstić information content (AvgIpc) is 2.37. The Morgan fingerprint density at radius 3 is 2.21 bits per heavy atom. The first-order chi connectivity index (χ1) is 8.94. The van der Waals surface area contributed by atoms with Crippen molar-refractivity contribution in [2.45, 2.75) is 32.9 Å². The van der Waals surface area contributed by atoms with E-state index in [4.69, 9.17) is 0 Å². The van der Waals surface area contributed by atoms with Crippen LogP contribution in [0, 0.1) is 0 Å². The third-order valence-electron chi connectivity index (χ3n) is 3.30. The van der Waals surface area contributed by atoms with E-state index in [9.17, 15) is 0 Å². The number of rotatable bonds is 3. The van der Waals surface area contributed by atoms with Gasteiger partial charge in [0.2, 0.25) is 5.95 Å². The highest BCUT2D eigenvalue weighted by molar-refractivity contribution is 5.30. The van der Waals surface area contributed by atoms with Gasteiger partial charge in [-0.25, -0.2) is 9.97 Å². The monoisotopic (exact) mass is 263 g/mol. The number of likely N-dealkylation sites (N-methyl/N-ethyl adjacent to an activating group) is 1. The van der Waals surface area contributed by atoms with Crippen LogP contribution in [0.1, 0.15) is 26.3 Å². The molecule has 2 heterocycles. The minimum absolute atomic E-state index is 0.121. The van der Waals surface area contributed by atoms with E-state index in [2.05, 4.69) is 52.9 Å². The lowest BCUT2D eigenvalue weighted by Gasteiger charge is -2.32. The van der Waals surface area contributed by atoms with Crippen LogP contribution in [0.15, 0.2) is 12.4 Å². The summed E-state index contributed by atoms with van der Waals surface area (Å²) in [5, 5.41) is 3.44.